The average molecular weight is 176 g/mol. The van der Waals surface area contributed by atoms with E-state index in [1.165, 1.54) is 0 Å². The quantitative estimate of drug-likeness (QED) is 0.683. The van der Waals surface area contributed by atoms with E-state index in [1.807, 2.05) is 30.3 Å². The van der Waals surface area contributed by atoms with E-state index in [-0.39, 0.29) is 0 Å². The molecule has 0 aliphatic carbocycles. The summed E-state index contributed by atoms with van der Waals surface area (Å²) in [6.45, 7) is 8.75. The topological polar surface area (TPSA) is 9.23 Å². The van der Waals surface area contributed by atoms with Gasteiger partial charge in [-0.05, 0) is 23.6 Å². The second-order valence-corrected chi connectivity index (χ2v) is 3.48. The van der Waals surface area contributed by atoms with Crippen molar-refractivity contribution in [1.29, 1.82) is 0 Å². The van der Waals surface area contributed by atoms with Gasteiger partial charge in [0.2, 0.25) is 0 Å². The van der Waals surface area contributed by atoms with E-state index in [1.54, 1.807) is 0 Å². The van der Waals surface area contributed by atoms with Crippen LogP contribution in [-0.2, 0) is 0 Å². The molecule has 0 radical (unpaired) electrons. The smallest absolute Gasteiger partial charge is 0.119 e. The Balaban J connectivity index is 2.61. The maximum Gasteiger partial charge on any atom is 0.119 e. The van der Waals surface area contributed by atoms with E-state index < -0.39 is 0 Å². The van der Waals surface area contributed by atoms with Crippen molar-refractivity contribution in [2.24, 2.45) is 5.92 Å². The predicted molar refractivity (Wildman–Crippen MR) is 56.9 cm³/mol. The number of rotatable bonds is 4. The van der Waals surface area contributed by atoms with Gasteiger partial charge in [-0.3, -0.25) is 0 Å². The van der Waals surface area contributed by atoms with Crippen molar-refractivity contribution in [3.8, 4) is 5.75 Å². The zero-order chi connectivity index (χ0) is 9.68. The first-order valence-corrected chi connectivity index (χ1v) is 4.57. The standard InChI is InChI=1S/C12H16O/c1-4-11-6-5-7-12(8-11)13-9-10(2)3/h4-8,10H,1,9H2,2-3H3. The molecule has 0 heterocycles. The number of benzene rings is 1. The van der Waals surface area contributed by atoms with Gasteiger partial charge in [0.15, 0.2) is 0 Å². The first-order valence-electron chi connectivity index (χ1n) is 4.57. The lowest BCUT2D eigenvalue weighted by Gasteiger charge is -2.08. The first-order chi connectivity index (χ1) is 6.22. The fourth-order valence-corrected chi connectivity index (χ4v) is 0.994. The van der Waals surface area contributed by atoms with Crippen LogP contribution in [0.4, 0.5) is 0 Å². The lowest BCUT2D eigenvalue weighted by atomic mass is 10.2. The highest BCUT2D eigenvalue weighted by molar-refractivity contribution is 5.49. The Labute approximate surface area is 80.0 Å². The largest absolute Gasteiger partial charge is 0.493 e. The van der Waals surface area contributed by atoms with Gasteiger partial charge in [-0.2, -0.15) is 0 Å². The summed E-state index contributed by atoms with van der Waals surface area (Å²) in [7, 11) is 0. The van der Waals surface area contributed by atoms with Crippen molar-refractivity contribution >= 4 is 6.08 Å². The minimum atomic E-state index is 0.562. The van der Waals surface area contributed by atoms with Crippen molar-refractivity contribution in [3.05, 3.63) is 36.4 Å². The summed E-state index contributed by atoms with van der Waals surface area (Å²) in [4.78, 5) is 0. The van der Waals surface area contributed by atoms with Crippen LogP contribution in [-0.4, -0.2) is 6.61 Å². The van der Waals surface area contributed by atoms with Gasteiger partial charge in [-0.15, -0.1) is 0 Å². The Morgan fingerprint density at radius 1 is 1.46 bits per heavy atom. The first kappa shape index (κ1) is 9.85. The van der Waals surface area contributed by atoms with E-state index in [0.717, 1.165) is 17.9 Å². The van der Waals surface area contributed by atoms with Crippen LogP contribution in [0.25, 0.3) is 6.08 Å². The molecule has 0 saturated carbocycles. The molecule has 0 N–H and O–H groups in total. The van der Waals surface area contributed by atoms with Gasteiger partial charge in [0, 0.05) is 0 Å². The Morgan fingerprint density at radius 2 is 2.23 bits per heavy atom. The zero-order valence-corrected chi connectivity index (χ0v) is 8.29. The van der Waals surface area contributed by atoms with Gasteiger partial charge in [0.05, 0.1) is 6.61 Å². The van der Waals surface area contributed by atoms with Crippen molar-refractivity contribution in [2.75, 3.05) is 6.61 Å². The monoisotopic (exact) mass is 176 g/mol. The summed E-state index contributed by atoms with van der Waals surface area (Å²) in [6, 6.07) is 7.95. The second kappa shape index (κ2) is 4.70. The highest BCUT2D eigenvalue weighted by Gasteiger charge is 1.96. The molecular weight excluding hydrogens is 160 g/mol. The van der Waals surface area contributed by atoms with Crippen molar-refractivity contribution in [2.45, 2.75) is 13.8 Å². The second-order valence-electron chi connectivity index (χ2n) is 3.48. The molecule has 13 heavy (non-hydrogen) atoms. The average Bonchev–Trinajstić information content (AvgIpc) is 2.15. The summed E-state index contributed by atoms with van der Waals surface area (Å²) in [6.07, 6.45) is 1.82. The highest BCUT2D eigenvalue weighted by atomic mass is 16.5. The van der Waals surface area contributed by atoms with E-state index in [9.17, 15) is 0 Å². The van der Waals surface area contributed by atoms with Gasteiger partial charge >= 0.3 is 0 Å². The molecule has 1 rings (SSSR count). The maximum atomic E-state index is 5.56. The van der Waals surface area contributed by atoms with Gasteiger partial charge < -0.3 is 4.74 Å². The molecule has 0 spiro atoms. The minimum absolute atomic E-state index is 0.562. The van der Waals surface area contributed by atoms with Crippen LogP contribution in [0.5, 0.6) is 5.75 Å². The fourth-order valence-electron chi connectivity index (χ4n) is 0.994. The van der Waals surface area contributed by atoms with E-state index in [4.69, 9.17) is 4.74 Å². The van der Waals surface area contributed by atoms with E-state index in [0.29, 0.717) is 5.92 Å². The van der Waals surface area contributed by atoms with Crippen LogP contribution >= 0.6 is 0 Å². The molecule has 0 aliphatic heterocycles. The van der Waals surface area contributed by atoms with Gasteiger partial charge in [-0.1, -0.05) is 38.6 Å². The summed E-state index contributed by atoms with van der Waals surface area (Å²) in [5.74, 6) is 1.48. The molecule has 0 saturated heterocycles. The molecule has 1 aromatic rings. The molecule has 0 bridgehead atoms. The van der Waals surface area contributed by atoms with Gasteiger partial charge in [-0.25, -0.2) is 0 Å². The summed E-state index contributed by atoms with van der Waals surface area (Å²) in [5, 5.41) is 0. The summed E-state index contributed by atoms with van der Waals surface area (Å²) in [5.41, 5.74) is 1.10. The molecule has 0 atom stereocenters. The van der Waals surface area contributed by atoms with Crippen molar-refractivity contribution in [3.63, 3.8) is 0 Å². The molecule has 0 unspecified atom stereocenters. The van der Waals surface area contributed by atoms with Crippen LogP contribution in [0.3, 0.4) is 0 Å². The molecule has 1 nitrogen and oxygen atoms in total. The molecule has 0 aliphatic rings. The fraction of sp³-hybridized carbons (Fsp3) is 0.333. The number of hydrogen-bond donors (Lipinski definition) is 0. The Morgan fingerprint density at radius 3 is 2.85 bits per heavy atom. The van der Waals surface area contributed by atoms with E-state index >= 15 is 0 Å². The number of hydrogen-bond acceptors (Lipinski definition) is 1. The zero-order valence-electron chi connectivity index (χ0n) is 8.29. The predicted octanol–water partition coefficient (Wildman–Crippen LogP) is 3.36. The molecule has 0 amide bonds. The maximum absolute atomic E-state index is 5.56. The van der Waals surface area contributed by atoms with Crippen LogP contribution in [0, 0.1) is 5.92 Å². The van der Waals surface area contributed by atoms with Crippen LogP contribution in [0.1, 0.15) is 19.4 Å². The lowest BCUT2D eigenvalue weighted by molar-refractivity contribution is 0.271. The lowest BCUT2D eigenvalue weighted by Crippen LogP contribution is -2.04. The molecule has 0 fully saturated rings. The van der Waals surface area contributed by atoms with Gasteiger partial charge in [0.25, 0.3) is 0 Å². The minimum Gasteiger partial charge on any atom is -0.493 e. The third-order valence-electron chi connectivity index (χ3n) is 1.68. The molecule has 70 valence electrons. The highest BCUT2D eigenvalue weighted by Crippen LogP contribution is 2.14. The summed E-state index contributed by atoms with van der Waals surface area (Å²) < 4.78 is 5.56. The van der Waals surface area contributed by atoms with Gasteiger partial charge in [0.1, 0.15) is 5.75 Å². The van der Waals surface area contributed by atoms with Crippen LogP contribution in [0.15, 0.2) is 30.8 Å². The van der Waals surface area contributed by atoms with Crippen molar-refractivity contribution in [1.82, 2.24) is 0 Å². The third kappa shape index (κ3) is 3.32. The normalized spacial score (nSPS) is 10.1. The Bertz CT molecular complexity index is 276. The van der Waals surface area contributed by atoms with Crippen LogP contribution < -0.4 is 4.74 Å². The number of ether oxygens (including phenoxy) is 1. The van der Waals surface area contributed by atoms with E-state index in [2.05, 4.69) is 20.4 Å². The Hall–Kier alpha value is -1.24. The molecular formula is C12H16O. The summed E-state index contributed by atoms with van der Waals surface area (Å²) >= 11 is 0. The Kier molecular flexibility index (Phi) is 3.56. The molecule has 1 heteroatoms. The van der Waals surface area contributed by atoms with Crippen molar-refractivity contribution < 1.29 is 4.74 Å². The third-order valence-corrected chi connectivity index (χ3v) is 1.68. The SMILES string of the molecule is C=Cc1cccc(OCC(C)C)c1. The molecule has 0 aromatic heterocycles. The molecule has 1 aromatic carbocycles. The van der Waals surface area contributed by atoms with Crippen LogP contribution in [0.2, 0.25) is 0 Å².